The van der Waals surface area contributed by atoms with E-state index < -0.39 is 12.2 Å². The number of primary amides is 1. The molecule has 5 nitrogen and oxygen atoms in total. The van der Waals surface area contributed by atoms with E-state index >= 15 is 0 Å². The third-order valence-corrected chi connectivity index (χ3v) is 2.49. The van der Waals surface area contributed by atoms with Crippen LogP contribution in [0.15, 0.2) is 47.1 Å². The Kier molecular flexibility index (Phi) is 3.64. The van der Waals surface area contributed by atoms with E-state index in [0.29, 0.717) is 11.3 Å². The van der Waals surface area contributed by atoms with E-state index in [1.54, 1.807) is 30.5 Å². The first-order valence-corrected chi connectivity index (χ1v) is 5.41. The number of carbonyl (C=O) groups is 1. The average Bonchev–Trinajstić information content (AvgIpc) is 2.89. The summed E-state index contributed by atoms with van der Waals surface area (Å²) in [4.78, 5) is 10.7. The summed E-state index contributed by atoms with van der Waals surface area (Å²) < 4.78 is 10.1. The summed E-state index contributed by atoms with van der Waals surface area (Å²) in [6.07, 6.45) is -0.110. The van der Waals surface area contributed by atoms with Gasteiger partial charge in [0, 0.05) is 5.56 Å². The molecule has 0 bridgehead atoms. The molecule has 1 aromatic carbocycles. The molecule has 0 spiro atoms. The molecule has 1 unspecified atom stereocenters. The number of nitrogens with two attached hydrogens (primary N) is 1. The van der Waals surface area contributed by atoms with Crippen molar-refractivity contribution in [1.29, 1.82) is 0 Å². The minimum absolute atomic E-state index is 0.329. The van der Waals surface area contributed by atoms with E-state index in [4.69, 9.17) is 14.9 Å². The van der Waals surface area contributed by atoms with Crippen LogP contribution in [-0.2, 0) is 4.74 Å². The molecule has 0 aliphatic heterocycles. The van der Waals surface area contributed by atoms with Crippen molar-refractivity contribution >= 4 is 6.09 Å². The van der Waals surface area contributed by atoms with E-state index in [-0.39, 0.29) is 6.61 Å². The van der Waals surface area contributed by atoms with Gasteiger partial charge in [0.15, 0.2) is 6.10 Å². The Morgan fingerprint density at radius 3 is 2.83 bits per heavy atom. The molecule has 0 aliphatic carbocycles. The standard InChI is InChI=1S/C13H13NO4/c14-13(16)18-12(8-15)10-4-1-3-9(7-10)11-5-2-6-17-11/h1-7,12,15H,8H2,(H2,14,16). The molecule has 0 aliphatic rings. The summed E-state index contributed by atoms with van der Waals surface area (Å²) in [6, 6.07) is 10.8. The zero-order chi connectivity index (χ0) is 13.0. The fourth-order valence-electron chi connectivity index (χ4n) is 1.69. The van der Waals surface area contributed by atoms with Gasteiger partial charge in [0.05, 0.1) is 12.9 Å². The SMILES string of the molecule is NC(=O)OC(CO)c1cccc(-c2ccco2)c1. The van der Waals surface area contributed by atoms with Gasteiger partial charge in [-0.3, -0.25) is 0 Å². The maximum atomic E-state index is 10.7. The van der Waals surface area contributed by atoms with Crippen molar-refractivity contribution in [2.45, 2.75) is 6.10 Å². The third kappa shape index (κ3) is 2.70. The van der Waals surface area contributed by atoms with Crippen LogP contribution in [0, 0.1) is 0 Å². The molecule has 1 amide bonds. The van der Waals surface area contributed by atoms with Gasteiger partial charge in [-0.25, -0.2) is 4.79 Å². The second-order valence-corrected chi connectivity index (χ2v) is 3.71. The molecule has 2 rings (SSSR count). The quantitative estimate of drug-likeness (QED) is 0.866. The fraction of sp³-hybridized carbons (Fsp3) is 0.154. The summed E-state index contributed by atoms with van der Waals surface area (Å²) >= 11 is 0. The highest BCUT2D eigenvalue weighted by Crippen LogP contribution is 2.25. The molecule has 0 saturated carbocycles. The second kappa shape index (κ2) is 5.37. The monoisotopic (exact) mass is 247 g/mol. The third-order valence-electron chi connectivity index (χ3n) is 2.49. The number of amides is 1. The van der Waals surface area contributed by atoms with Gasteiger partial charge in [0.2, 0.25) is 0 Å². The summed E-state index contributed by atoms with van der Waals surface area (Å²) in [5.74, 6) is 0.701. The van der Waals surface area contributed by atoms with E-state index in [2.05, 4.69) is 0 Å². The molecule has 1 aromatic heterocycles. The maximum absolute atomic E-state index is 10.7. The van der Waals surface area contributed by atoms with E-state index in [9.17, 15) is 9.90 Å². The van der Waals surface area contributed by atoms with Gasteiger partial charge in [-0.1, -0.05) is 18.2 Å². The molecule has 2 aromatic rings. The number of hydrogen-bond donors (Lipinski definition) is 2. The van der Waals surface area contributed by atoms with Gasteiger partial charge in [0.25, 0.3) is 0 Å². The molecule has 5 heteroatoms. The Morgan fingerprint density at radius 2 is 2.22 bits per heavy atom. The minimum atomic E-state index is -0.919. The first kappa shape index (κ1) is 12.2. The molecule has 18 heavy (non-hydrogen) atoms. The first-order chi connectivity index (χ1) is 8.70. The zero-order valence-electron chi connectivity index (χ0n) is 9.58. The largest absolute Gasteiger partial charge is 0.464 e. The van der Waals surface area contributed by atoms with Crippen molar-refractivity contribution in [3.05, 3.63) is 48.2 Å². The van der Waals surface area contributed by atoms with Crippen LogP contribution < -0.4 is 5.73 Å². The minimum Gasteiger partial charge on any atom is -0.464 e. The lowest BCUT2D eigenvalue weighted by atomic mass is 10.0. The van der Waals surface area contributed by atoms with Gasteiger partial charge < -0.3 is 20.0 Å². The van der Waals surface area contributed by atoms with Crippen molar-refractivity contribution in [1.82, 2.24) is 0 Å². The topological polar surface area (TPSA) is 85.7 Å². The predicted octanol–water partition coefficient (Wildman–Crippen LogP) is 2.08. The molecule has 3 N–H and O–H groups in total. The van der Waals surface area contributed by atoms with Crippen molar-refractivity contribution in [3.63, 3.8) is 0 Å². The number of aliphatic hydroxyl groups is 1. The van der Waals surface area contributed by atoms with Crippen LogP contribution in [0.5, 0.6) is 0 Å². The van der Waals surface area contributed by atoms with Crippen molar-refractivity contribution in [2.75, 3.05) is 6.61 Å². The maximum Gasteiger partial charge on any atom is 0.405 e. The number of ether oxygens (including phenoxy) is 1. The lowest BCUT2D eigenvalue weighted by Crippen LogP contribution is -2.19. The smallest absolute Gasteiger partial charge is 0.405 e. The molecule has 1 atom stereocenters. The number of furan rings is 1. The van der Waals surface area contributed by atoms with Crippen LogP contribution >= 0.6 is 0 Å². The highest BCUT2D eigenvalue weighted by molar-refractivity contribution is 5.65. The fourth-order valence-corrected chi connectivity index (χ4v) is 1.69. The highest BCUT2D eigenvalue weighted by Gasteiger charge is 2.15. The molecule has 0 saturated heterocycles. The molecule has 0 radical (unpaired) electrons. The van der Waals surface area contributed by atoms with Crippen LogP contribution in [0.1, 0.15) is 11.7 Å². The Balaban J connectivity index is 2.28. The summed E-state index contributed by atoms with van der Waals surface area (Å²) in [6.45, 7) is -0.329. The van der Waals surface area contributed by atoms with Crippen molar-refractivity contribution in [3.8, 4) is 11.3 Å². The van der Waals surface area contributed by atoms with Crippen LogP contribution in [0.2, 0.25) is 0 Å². The molecular weight excluding hydrogens is 234 g/mol. The van der Waals surface area contributed by atoms with Crippen molar-refractivity contribution in [2.24, 2.45) is 5.73 Å². The van der Waals surface area contributed by atoms with Crippen LogP contribution in [0.4, 0.5) is 4.79 Å². The Bertz CT molecular complexity index is 522. The van der Waals surface area contributed by atoms with Crippen LogP contribution in [-0.4, -0.2) is 17.8 Å². The lowest BCUT2D eigenvalue weighted by molar-refractivity contribution is 0.0633. The lowest BCUT2D eigenvalue weighted by Gasteiger charge is -2.14. The Morgan fingerprint density at radius 1 is 1.39 bits per heavy atom. The average molecular weight is 247 g/mol. The van der Waals surface area contributed by atoms with Gasteiger partial charge in [0.1, 0.15) is 5.76 Å². The van der Waals surface area contributed by atoms with Crippen LogP contribution in [0.3, 0.4) is 0 Å². The van der Waals surface area contributed by atoms with Crippen LogP contribution in [0.25, 0.3) is 11.3 Å². The molecular formula is C13H13NO4. The van der Waals surface area contributed by atoms with Gasteiger partial charge >= 0.3 is 6.09 Å². The zero-order valence-corrected chi connectivity index (χ0v) is 9.58. The van der Waals surface area contributed by atoms with Gasteiger partial charge in [-0.05, 0) is 23.8 Å². The number of hydrogen-bond acceptors (Lipinski definition) is 4. The second-order valence-electron chi connectivity index (χ2n) is 3.71. The molecule has 94 valence electrons. The van der Waals surface area contributed by atoms with E-state index in [1.807, 2.05) is 12.1 Å². The summed E-state index contributed by atoms with van der Waals surface area (Å²) in [5, 5.41) is 9.19. The highest BCUT2D eigenvalue weighted by atomic mass is 16.6. The predicted molar refractivity (Wildman–Crippen MR) is 64.6 cm³/mol. The Hall–Kier alpha value is -2.27. The first-order valence-electron chi connectivity index (χ1n) is 5.41. The molecule has 0 fully saturated rings. The Labute approximate surface area is 104 Å². The van der Waals surface area contributed by atoms with Gasteiger partial charge in [-0.15, -0.1) is 0 Å². The van der Waals surface area contributed by atoms with Gasteiger partial charge in [-0.2, -0.15) is 0 Å². The normalized spacial score (nSPS) is 12.1. The number of carbonyl (C=O) groups excluding carboxylic acids is 1. The molecule has 1 heterocycles. The van der Waals surface area contributed by atoms with E-state index in [1.165, 1.54) is 0 Å². The van der Waals surface area contributed by atoms with E-state index in [0.717, 1.165) is 5.56 Å². The number of benzene rings is 1. The number of rotatable bonds is 4. The number of aliphatic hydroxyl groups excluding tert-OH is 1. The summed E-state index contributed by atoms with van der Waals surface area (Å²) in [5.41, 5.74) is 6.44. The van der Waals surface area contributed by atoms with Crippen molar-refractivity contribution < 1.29 is 19.1 Å². The summed E-state index contributed by atoms with van der Waals surface area (Å²) in [7, 11) is 0.